The van der Waals surface area contributed by atoms with E-state index >= 15 is 0 Å². The first-order valence-corrected chi connectivity index (χ1v) is 4.54. The Bertz CT molecular complexity index is 323. The maximum absolute atomic E-state index is 11.0. The number of carbonyl (C=O) groups is 1. The van der Waals surface area contributed by atoms with Crippen molar-refractivity contribution in [2.45, 2.75) is 20.1 Å². The highest BCUT2D eigenvalue weighted by Crippen LogP contribution is 2.07. The third-order valence-corrected chi connectivity index (χ3v) is 2.13. The number of nitrogens with zero attached hydrogens (tertiary/aromatic N) is 1. The van der Waals surface area contributed by atoms with Gasteiger partial charge in [0.15, 0.2) is 0 Å². The summed E-state index contributed by atoms with van der Waals surface area (Å²) in [4.78, 5) is 12.6. The maximum atomic E-state index is 11.0. The van der Waals surface area contributed by atoms with Gasteiger partial charge in [-0.25, -0.2) is 0 Å². The number of benzene rings is 1. The number of rotatable bonds is 3. The monoisotopic (exact) mass is 193 g/mol. The Morgan fingerprint density at radius 3 is 2.64 bits per heavy atom. The Hall–Kier alpha value is -1.35. The fourth-order valence-corrected chi connectivity index (χ4v) is 1.21. The molecule has 1 aromatic rings. The topological polar surface area (TPSA) is 40.5 Å². The van der Waals surface area contributed by atoms with E-state index in [9.17, 15) is 4.79 Å². The molecule has 0 saturated heterocycles. The molecule has 3 heteroatoms. The van der Waals surface area contributed by atoms with Crippen molar-refractivity contribution in [2.24, 2.45) is 0 Å². The molecule has 1 amide bonds. The zero-order valence-corrected chi connectivity index (χ0v) is 8.53. The van der Waals surface area contributed by atoms with E-state index in [-0.39, 0.29) is 12.5 Å². The minimum atomic E-state index is 0.0393. The van der Waals surface area contributed by atoms with Crippen LogP contribution in [-0.2, 0) is 17.9 Å². The number of hydrogen-bond donors (Lipinski definition) is 1. The molecule has 0 saturated carbocycles. The molecule has 0 aliphatic carbocycles. The Labute approximate surface area is 84.0 Å². The van der Waals surface area contributed by atoms with Crippen LogP contribution in [0.5, 0.6) is 0 Å². The summed E-state index contributed by atoms with van der Waals surface area (Å²) in [5.41, 5.74) is 1.91. The molecule has 1 rings (SSSR count). The molecule has 0 atom stereocenters. The molecule has 0 aromatic heterocycles. The average molecular weight is 193 g/mol. The minimum absolute atomic E-state index is 0.0393. The normalized spacial score (nSPS) is 9.93. The van der Waals surface area contributed by atoms with Gasteiger partial charge in [0.25, 0.3) is 0 Å². The first-order valence-electron chi connectivity index (χ1n) is 4.54. The minimum Gasteiger partial charge on any atom is -0.392 e. The van der Waals surface area contributed by atoms with Crippen LogP contribution in [0.1, 0.15) is 18.1 Å². The van der Waals surface area contributed by atoms with Crippen LogP contribution >= 0.6 is 0 Å². The third-order valence-electron chi connectivity index (χ3n) is 2.13. The van der Waals surface area contributed by atoms with Gasteiger partial charge in [0.05, 0.1) is 6.61 Å². The van der Waals surface area contributed by atoms with Crippen LogP contribution < -0.4 is 0 Å². The molecule has 0 aliphatic rings. The highest BCUT2D eigenvalue weighted by Gasteiger charge is 2.03. The lowest BCUT2D eigenvalue weighted by atomic mass is 10.1. The predicted octanol–water partition coefficient (Wildman–Crippen LogP) is 1.16. The van der Waals surface area contributed by atoms with Gasteiger partial charge >= 0.3 is 0 Å². The fraction of sp³-hybridized carbons (Fsp3) is 0.364. The molecule has 76 valence electrons. The van der Waals surface area contributed by atoms with Gasteiger partial charge in [0.1, 0.15) is 0 Å². The molecule has 0 aliphatic heterocycles. The predicted molar refractivity (Wildman–Crippen MR) is 54.5 cm³/mol. The fourth-order valence-electron chi connectivity index (χ4n) is 1.21. The first-order chi connectivity index (χ1) is 6.63. The quantitative estimate of drug-likeness (QED) is 0.782. The van der Waals surface area contributed by atoms with Crippen molar-refractivity contribution in [3.05, 3.63) is 35.4 Å². The van der Waals surface area contributed by atoms with E-state index in [1.165, 1.54) is 6.92 Å². The first kappa shape index (κ1) is 10.7. The largest absolute Gasteiger partial charge is 0.392 e. The van der Waals surface area contributed by atoms with Crippen LogP contribution in [0.15, 0.2) is 24.3 Å². The summed E-state index contributed by atoms with van der Waals surface area (Å²) in [5, 5.41) is 8.92. The van der Waals surface area contributed by atoms with Gasteiger partial charge in [0.2, 0.25) is 5.91 Å². The van der Waals surface area contributed by atoms with Crippen molar-refractivity contribution in [1.82, 2.24) is 4.90 Å². The van der Waals surface area contributed by atoms with Crippen LogP contribution in [0.2, 0.25) is 0 Å². The van der Waals surface area contributed by atoms with Gasteiger partial charge in [-0.2, -0.15) is 0 Å². The van der Waals surface area contributed by atoms with E-state index in [2.05, 4.69) is 0 Å². The van der Waals surface area contributed by atoms with Gasteiger partial charge in [-0.1, -0.05) is 24.3 Å². The molecule has 0 unspecified atom stereocenters. The van der Waals surface area contributed by atoms with Gasteiger partial charge in [-0.05, 0) is 11.1 Å². The average Bonchev–Trinajstić information content (AvgIpc) is 2.18. The van der Waals surface area contributed by atoms with Crippen LogP contribution in [-0.4, -0.2) is 23.0 Å². The highest BCUT2D eigenvalue weighted by molar-refractivity contribution is 5.72. The summed E-state index contributed by atoms with van der Waals surface area (Å²) in [6, 6.07) is 7.59. The number of amides is 1. The van der Waals surface area contributed by atoms with Gasteiger partial charge in [0, 0.05) is 20.5 Å². The molecule has 0 heterocycles. The van der Waals surface area contributed by atoms with Crippen LogP contribution in [0.25, 0.3) is 0 Å². The molecule has 0 bridgehead atoms. The zero-order valence-electron chi connectivity index (χ0n) is 8.53. The maximum Gasteiger partial charge on any atom is 0.219 e. The van der Waals surface area contributed by atoms with Crippen molar-refractivity contribution in [3.8, 4) is 0 Å². The van der Waals surface area contributed by atoms with E-state index in [0.29, 0.717) is 6.54 Å². The molecule has 0 radical (unpaired) electrons. The molecule has 1 N–H and O–H groups in total. The Kier molecular flexibility index (Phi) is 3.65. The van der Waals surface area contributed by atoms with Crippen LogP contribution in [0.3, 0.4) is 0 Å². The molecule has 0 spiro atoms. The molecule has 1 aromatic carbocycles. The SMILES string of the molecule is CC(=O)N(C)Cc1cccc(CO)c1. The Morgan fingerprint density at radius 1 is 1.43 bits per heavy atom. The number of aliphatic hydroxyl groups is 1. The van der Waals surface area contributed by atoms with Gasteiger partial charge in [-0.15, -0.1) is 0 Å². The number of hydrogen-bond acceptors (Lipinski definition) is 2. The lowest BCUT2D eigenvalue weighted by Crippen LogP contribution is -2.22. The standard InChI is InChI=1S/C11H15NO2/c1-9(14)12(2)7-10-4-3-5-11(6-10)8-13/h3-6,13H,7-8H2,1-2H3. The Morgan fingerprint density at radius 2 is 2.07 bits per heavy atom. The van der Waals surface area contributed by atoms with Crippen LogP contribution in [0.4, 0.5) is 0 Å². The van der Waals surface area contributed by atoms with Crippen molar-refractivity contribution in [2.75, 3.05) is 7.05 Å². The molecule has 0 fully saturated rings. The van der Waals surface area contributed by atoms with E-state index in [0.717, 1.165) is 11.1 Å². The molecule has 3 nitrogen and oxygen atoms in total. The van der Waals surface area contributed by atoms with Crippen molar-refractivity contribution in [3.63, 3.8) is 0 Å². The summed E-state index contributed by atoms with van der Waals surface area (Å²) >= 11 is 0. The van der Waals surface area contributed by atoms with E-state index in [1.807, 2.05) is 24.3 Å². The van der Waals surface area contributed by atoms with E-state index < -0.39 is 0 Å². The zero-order chi connectivity index (χ0) is 10.6. The summed E-state index contributed by atoms with van der Waals surface area (Å²) in [6.45, 7) is 2.16. The lowest BCUT2D eigenvalue weighted by Gasteiger charge is -2.14. The molecular weight excluding hydrogens is 178 g/mol. The third kappa shape index (κ3) is 2.85. The number of carbonyl (C=O) groups excluding carboxylic acids is 1. The van der Waals surface area contributed by atoms with Gasteiger partial charge in [-0.3, -0.25) is 4.79 Å². The van der Waals surface area contributed by atoms with Crippen molar-refractivity contribution in [1.29, 1.82) is 0 Å². The van der Waals surface area contributed by atoms with Crippen LogP contribution in [0, 0.1) is 0 Å². The highest BCUT2D eigenvalue weighted by atomic mass is 16.3. The lowest BCUT2D eigenvalue weighted by molar-refractivity contribution is -0.128. The summed E-state index contributed by atoms with van der Waals surface area (Å²) in [7, 11) is 1.76. The smallest absolute Gasteiger partial charge is 0.219 e. The van der Waals surface area contributed by atoms with Crippen molar-refractivity contribution < 1.29 is 9.90 Å². The second-order valence-corrected chi connectivity index (χ2v) is 3.35. The Balaban J connectivity index is 2.71. The summed E-state index contributed by atoms with van der Waals surface area (Å²) in [6.07, 6.45) is 0. The van der Waals surface area contributed by atoms with Crippen molar-refractivity contribution >= 4 is 5.91 Å². The number of aliphatic hydroxyl groups excluding tert-OH is 1. The van der Waals surface area contributed by atoms with E-state index in [1.54, 1.807) is 11.9 Å². The molecular formula is C11H15NO2. The summed E-state index contributed by atoms with van der Waals surface area (Å²) in [5.74, 6) is 0.0411. The second-order valence-electron chi connectivity index (χ2n) is 3.35. The van der Waals surface area contributed by atoms with E-state index in [4.69, 9.17) is 5.11 Å². The summed E-state index contributed by atoms with van der Waals surface area (Å²) < 4.78 is 0. The second kappa shape index (κ2) is 4.77. The van der Waals surface area contributed by atoms with Gasteiger partial charge < -0.3 is 10.0 Å². The molecule has 14 heavy (non-hydrogen) atoms.